The summed E-state index contributed by atoms with van der Waals surface area (Å²) in [6.45, 7) is 6.27. The van der Waals surface area contributed by atoms with Crippen molar-refractivity contribution >= 4 is 44.5 Å². The molecule has 0 aliphatic heterocycles. The topological polar surface area (TPSA) is 98.4 Å². The van der Waals surface area contributed by atoms with Crippen LogP contribution in [0.3, 0.4) is 0 Å². The number of carbonyl (C=O) groups excluding carboxylic acids is 2. The van der Waals surface area contributed by atoms with Crippen molar-refractivity contribution in [2.75, 3.05) is 52.9 Å². The number of thiazole rings is 2. The highest BCUT2D eigenvalue weighted by Crippen LogP contribution is 2.15. The minimum Gasteiger partial charge on any atom is -0.457 e. The number of esters is 2. The first-order valence-corrected chi connectivity index (χ1v) is 13.6. The molecule has 0 atom stereocenters. The predicted molar refractivity (Wildman–Crippen MR) is 135 cm³/mol. The number of ether oxygens (including phenoxy) is 5. The zero-order chi connectivity index (χ0) is 26.4. The summed E-state index contributed by atoms with van der Waals surface area (Å²) < 4.78 is 34.7. The molecular weight excluding hydrogens is 520 g/mol. The van der Waals surface area contributed by atoms with Gasteiger partial charge in [-0.1, -0.05) is 22.7 Å². The van der Waals surface area contributed by atoms with Crippen molar-refractivity contribution in [1.82, 2.24) is 9.13 Å². The van der Waals surface area contributed by atoms with Gasteiger partial charge in [0.1, 0.15) is 25.6 Å². The molecule has 0 N–H and O–H groups in total. The smallest absolute Gasteiger partial charge is 0.383 e. The van der Waals surface area contributed by atoms with Gasteiger partial charge in [-0.3, -0.25) is 0 Å². The molecule has 4 heterocycles. The Kier molecular flexibility index (Phi) is 9.27. The van der Waals surface area contributed by atoms with E-state index in [4.69, 9.17) is 23.7 Å². The Morgan fingerprint density at radius 2 is 1.03 bits per heavy atom. The second-order valence-corrected chi connectivity index (χ2v) is 9.95. The number of rotatable bonds is 14. The van der Waals surface area contributed by atoms with Gasteiger partial charge in [-0.15, -0.1) is 0 Å². The SMILES string of the molecule is Cc1c(C(=O)OCCOCCOCCOCCOC(=O)c2c(C)n(C)c3scc[n+]23)[n+]2ccsc2n1C. The molecule has 0 spiro atoms. The minimum absolute atomic E-state index is 0.167. The molecule has 0 aliphatic rings. The number of aromatic nitrogens is 4. The normalized spacial score (nSPS) is 11.6. The van der Waals surface area contributed by atoms with Gasteiger partial charge in [-0.05, 0) is 0 Å². The van der Waals surface area contributed by atoms with E-state index >= 15 is 0 Å². The molecule has 0 radical (unpaired) electrons. The van der Waals surface area contributed by atoms with Crippen LogP contribution in [0, 0.1) is 13.8 Å². The van der Waals surface area contributed by atoms with E-state index in [1.807, 2.05) is 69.0 Å². The van der Waals surface area contributed by atoms with Crippen LogP contribution in [0.1, 0.15) is 32.4 Å². The summed E-state index contributed by atoms with van der Waals surface area (Å²) in [7, 11) is 3.85. The molecule has 0 bridgehead atoms. The zero-order valence-electron chi connectivity index (χ0n) is 21.4. The Balaban J connectivity index is 1.01. The van der Waals surface area contributed by atoms with E-state index in [0.29, 0.717) is 37.8 Å². The first-order chi connectivity index (χ1) is 17.9. The Labute approximate surface area is 222 Å². The maximum Gasteiger partial charge on any atom is 0.383 e. The van der Waals surface area contributed by atoms with Crippen LogP contribution in [0.4, 0.5) is 0 Å². The van der Waals surface area contributed by atoms with Gasteiger partial charge in [0.25, 0.3) is 11.4 Å². The predicted octanol–water partition coefficient (Wildman–Crippen LogP) is 1.64. The van der Waals surface area contributed by atoms with E-state index in [1.54, 1.807) is 22.7 Å². The van der Waals surface area contributed by atoms with Crippen LogP contribution >= 0.6 is 22.7 Å². The third-order valence-electron chi connectivity index (χ3n) is 5.98. The summed E-state index contributed by atoms with van der Waals surface area (Å²) in [6, 6.07) is 0. The number of hydrogen-bond donors (Lipinski definition) is 0. The highest BCUT2D eigenvalue weighted by Gasteiger charge is 2.29. The van der Waals surface area contributed by atoms with Crippen molar-refractivity contribution < 1.29 is 42.1 Å². The number of hydrogen-bond acceptors (Lipinski definition) is 9. The molecule has 4 rings (SSSR count). The average Bonchev–Trinajstić information content (AvgIpc) is 3.64. The summed E-state index contributed by atoms with van der Waals surface area (Å²) in [5, 5.41) is 3.87. The minimum atomic E-state index is -0.369. The third-order valence-corrected chi connectivity index (χ3v) is 7.86. The maximum atomic E-state index is 12.5. The van der Waals surface area contributed by atoms with Crippen molar-refractivity contribution in [3.05, 3.63) is 45.9 Å². The Morgan fingerprint density at radius 1 is 0.676 bits per heavy atom. The van der Waals surface area contributed by atoms with E-state index in [9.17, 15) is 9.59 Å². The number of aryl methyl sites for hydroxylation is 2. The van der Waals surface area contributed by atoms with Gasteiger partial charge in [-0.25, -0.2) is 18.7 Å². The maximum absolute atomic E-state index is 12.5. The quantitative estimate of drug-likeness (QED) is 0.133. The van der Waals surface area contributed by atoms with Crippen molar-refractivity contribution in [3.8, 4) is 0 Å². The first-order valence-electron chi connectivity index (χ1n) is 11.9. The number of carbonyl (C=O) groups is 2. The lowest BCUT2D eigenvalue weighted by Crippen LogP contribution is -2.27. The standard InChI is InChI=1S/C24H32N4O7S2/c1-17-19(27-5-15-36-23(27)25(17)3)21(29)34-13-11-32-9-7-31-8-10-33-12-14-35-22(30)20-18(2)26(4)24-28(20)6-16-37-24/h5-6,15-16H,7-14H2,1-4H3/q+2. The molecular formula is C24H32N4O7S2+2. The fraction of sp³-hybridized carbons (Fsp3) is 0.500. The van der Waals surface area contributed by atoms with E-state index < -0.39 is 0 Å². The average molecular weight is 553 g/mol. The van der Waals surface area contributed by atoms with Crippen molar-refractivity contribution in [2.45, 2.75) is 13.8 Å². The van der Waals surface area contributed by atoms with Crippen molar-refractivity contribution in [3.63, 3.8) is 0 Å². The van der Waals surface area contributed by atoms with Crippen LogP contribution in [0.2, 0.25) is 0 Å². The number of nitrogens with zero attached hydrogens (tertiary/aromatic N) is 4. The van der Waals surface area contributed by atoms with Crippen LogP contribution < -0.4 is 8.80 Å². The summed E-state index contributed by atoms with van der Waals surface area (Å²) in [4.78, 5) is 26.9. The van der Waals surface area contributed by atoms with Crippen molar-refractivity contribution in [1.29, 1.82) is 0 Å². The summed E-state index contributed by atoms with van der Waals surface area (Å²) >= 11 is 3.13. The first kappa shape index (κ1) is 27.2. The fourth-order valence-electron chi connectivity index (χ4n) is 3.88. The fourth-order valence-corrected chi connectivity index (χ4v) is 5.61. The lowest BCUT2D eigenvalue weighted by atomic mass is 10.3. The molecule has 0 fully saturated rings. The highest BCUT2D eigenvalue weighted by atomic mass is 32.1. The molecule has 0 amide bonds. The van der Waals surface area contributed by atoms with Gasteiger partial charge in [-0.2, -0.15) is 8.80 Å². The van der Waals surface area contributed by atoms with Crippen LogP contribution in [0.15, 0.2) is 23.2 Å². The summed E-state index contributed by atoms with van der Waals surface area (Å²) in [5.74, 6) is -0.738. The summed E-state index contributed by atoms with van der Waals surface area (Å²) in [6.07, 6.45) is 3.72. The largest absolute Gasteiger partial charge is 0.457 e. The molecule has 37 heavy (non-hydrogen) atoms. The zero-order valence-corrected chi connectivity index (χ0v) is 23.1. The monoisotopic (exact) mass is 552 g/mol. The lowest BCUT2D eigenvalue weighted by molar-refractivity contribution is -0.510. The van der Waals surface area contributed by atoms with Gasteiger partial charge >= 0.3 is 21.9 Å². The van der Waals surface area contributed by atoms with Gasteiger partial charge < -0.3 is 23.7 Å². The molecule has 4 aromatic rings. The number of fused-ring (bicyclic) bond motifs is 2. The van der Waals surface area contributed by atoms with Crippen LogP contribution in [-0.4, -0.2) is 73.9 Å². The number of imidazole rings is 2. The Bertz CT molecular complexity index is 1270. The molecule has 0 saturated heterocycles. The molecule has 13 heteroatoms. The molecule has 4 aromatic heterocycles. The molecule has 11 nitrogen and oxygen atoms in total. The van der Waals surface area contributed by atoms with Gasteiger partial charge in [0.2, 0.25) is 0 Å². The Morgan fingerprint density at radius 3 is 1.41 bits per heavy atom. The molecule has 200 valence electrons. The van der Waals surface area contributed by atoms with Crippen LogP contribution in [0.25, 0.3) is 9.92 Å². The molecule has 0 aromatic carbocycles. The summed E-state index contributed by atoms with van der Waals surface area (Å²) in [5.41, 5.74) is 2.78. The van der Waals surface area contributed by atoms with Gasteiger partial charge in [0.15, 0.2) is 11.4 Å². The molecule has 0 unspecified atom stereocenters. The van der Waals surface area contributed by atoms with E-state index in [2.05, 4.69) is 0 Å². The molecule has 0 saturated carbocycles. The highest BCUT2D eigenvalue weighted by molar-refractivity contribution is 7.14. The van der Waals surface area contributed by atoms with Gasteiger partial charge in [0, 0.05) is 24.6 Å². The van der Waals surface area contributed by atoms with Crippen LogP contribution in [0.5, 0.6) is 0 Å². The van der Waals surface area contributed by atoms with Gasteiger partial charge in [0.05, 0.1) is 53.7 Å². The third kappa shape index (κ3) is 6.02. The van der Waals surface area contributed by atoms with E-state index in [0.717, 1.165) is 21.3 Å². The van der Waals surface area contributed by atoms with E-state index in [-0.39, 0.29) is 38.4 Å². The lowest BCUT2D eigenvalue weighted by Gasteiger charge is -2.07. The second kappa shape index (κ2) is 12.6. The Hall–Kier alpha value is -2.84. The van der Waals surface area contributed by atoms with E-state index in [1.165, 1.54) is 0 Å². The van der Waals surface area contributed by atoms with Crippen LogP contribution in [-0.2, 0) is 37.8 Å². The molecule has 0 aliphatic carbocycles. The van der Waals surface area contributed by atoms with Crippen molar-refractivity contribution in [2.24, 2.45) is 14.1 Å². The second-order valence-electron chi connectivity index (χ2n) is 8.21.